The van der Waals surface area contributed by atoms with Crippen molar-refractivity contribution in [3.8, 4) is 0 Å². The van der Waals surface area contributed by atoms with E-state index in [2.05, 4.69) is 52.1 Å². The fourth-order valence-corrected chi connectivity index (χ4v) is 2.07. The van der Waals surface area contributed by atoms with E-state index >= 15 is 0 Å². The van der Waals surface area contributed by atoms with Gasteiger partial charge in [0.2, 0.25) is 5.89 Å². The lowest BCUT2D eigenvalue weighted by atomic mass is 10.1. The van der Waals surface area contributed by atoms with Crippen molar-refractivity contribution in [2.24, 2.45) is 0 Å². The minimum absolute atomic E-state index is 0.604. The number of aromatic nitrogens is 3. The quantitative estimate of drug-likeness (QED) is 0.676. The highest BCUT2D eigenvalue weighted by Crippen LogP contribution is 2.20. The Morgan fingerprint density at radius 3 is 2.88 bits per heavy atom. The van der Waals surface area contributed by atoms with E-state index in [4.69, 9.17) is 4.52 Å². The molecule has 0 atom stereocenters. The first-order valence-corrected chi connectivity index (χ1v) is 5.58. The third kappa shape index (κ3) is 1.71. The van der Waals surface area contributed by atoms with Crippen molar-refractivity contribution in [2.45, 2.75) is 20.4 Å². The standard InChI is InChI=1S/C13H13N3O/c1-9-4-3-5-12-11(9)6-7-16(12)8-13-14-10(2)17-15-13/h3-7H,8H2,1-2H3. The van der Waals surface area contributed by atoms with Crippen LogP contribution in [0.4, 0.5) is 0 Å². The Balaban J connectivity index is 2.04. The average Bonchev–Trinajstić information content (AvgIpc) is 2.88. The van der Waals surface area contributed by atoms with Gasteiger partial charge in [0, 0.05) is 24.0 Å². The summed E-state index contributed by atoms with van der Waals surface area (Å²) in [4.78, 5) is 4.22. The molecule has 0 fully saturated rings. The summed E-state index contributed by atoms with van der Waals surface area (Å²) >= 11 is 0. The number of fused-ring (bicyclic) bond motifs is 1. The molecule has 0 aliphatic rings. The van der Waals surface area contributed by atoms with Gasteiger partial charge in [-0.2, -0.15) is 4.98 Å². The number of hydrogen-bond donors (Lipinski definition) is 0. The van der Waals surface area contributed by atoms with Gasteiger partial charge in [0.25, 0.3) is 0 Å². The molecule has 3 rings (SSSR count). The van der Waals surface area contributed by atoms with Crippen LogP contribution in [0.2, 0.25) is 0 Å². The highest BCUT2D eigenvalue weighted by atomic mass is 16.5. The second kappa shape index (κ2) is 3.73. The van der Waals surface area contributed by atoms with Gasteiger partial charge in [-0.25, -0.2) is 0 Å². The molecule has 0 amide bonds. The summed E-state index contributed by atoms with van der Waals surface area (Å²) in [6, 6.07) is 8.41. The van der Waals surface area contributed by atoms with Crippen molar-refractivity contribution in [3.63, 3.8) is 0 Å². The maximum absolute atomic E-state index is 4.97. The second-order valence-corrected chi connectivity index (χ2v) is 4.18. The maximum atomic E-state index is 4.97. The summed E-state index contributed by atoms with van der Waals surface area (Å²) in [7, 11) is 0. The third-order valence-corrected chi connectivity index (χ3v) is 2.91. The predicted octanol–water partition coefficient (Wildman–Crippen LogP) is 2.69. The largest absolute Gasteiger partial charge is 0.340 e. The Kier molecular flexibility index (Phi) is 2.21. The number of aryl methyl sites for hydroxylation is 2. The lowest BCUT2D eigenvalue weighted by Crippen LogP contribution is -1.99. The zero-order chi connectivity index (χ0) is 11.8. The normalized spacial score (nSPS) is 11.2. The van der Waals surface area contributed by atoms with Crippen LogP contribution in [0.25, 0.3) is 10.9 Å². The smallest absolute Gasteiger partial charge is 0.223 e. The first-order valence-electron chi connectivity index (χ1n) is 5.58. The highest BCUT2D eigenvalue weighted by molar-refractivity contribution is 5.83. The van der Waals surface area contributed by atoms with Crippen LogP contribution in [0.5, 0.6) is 0 Å². The average molecular weight is 227 g/mol. The van der Waals surface area contributed by atoms with Gasteiger partial charge in [-0.3, -0.25) is 0 Å². The Bertz CT molecular complexity index is 666. The molecule has 0 aliphatic carbocycles. The summed E-state index contributed by atoms with van der Waals surface area (Å²) in [6.45, 7) is 4.56. The molecule has 4 nitrogen and oxygen atoms in total. The lowest BCUT2D eigenvalue weighted by molar-refractivity contribution is 0.386. The molecule has 0 unspecified atom stereocenters. The van der Waals surface area contributed by atoms with Crippen LogP contribution in [0.3, 0.4) is 0 Å². The molecule has 4 heteroatoms. The summed E-state index contributed by atoms with van der Waals surface area (Å²) in [5.74, 6) is 1.31. The van der Waals surface area contributed by atoms with Crippen LogP contribution in [-0.2, 0) is 6.54 Å². The molecule has 0 N–H and O–H groups in total. The maximum Gasteiger partial charge on any atom is 0.223 e. The molecule has 0 aliphatic heterocycles. The molecule has 0 bridgehead atoms. The van der Waals surface area contributed by atoms with E-state index in [9.17, 15) is 0 Å². The molecule has 2 heterocycles. The Morgan fingerprint density at radius 2 is 2.12 bits per heavy atom. The first-order chi connectivity index (χ1) is 8.24. The van der Waals surface area contributed by atoms with Crippen molar-refractivity contribution >= 4 is 10.9 Å². The van der Waals surface area contributed by atoms with Crippen LogP contribution in [0.15, 0.2) is 35.0 Å². The van der Waals surface area contributed by atoms with E-state index in [1.165, 1.54) is 16.5 Å². The second-order valence-electron chi connectivity index (χ2n) is 4.18. The summed E-state index contributed by atoms with van der Waals surface area (Å²) < 4.78 is 7.11. The van der Waals surface area contributed by atoms with Gasteiger partial charge >= 0.3 is 0 Å². The first kappa shape index (κ1) is 10.1. The molecule has 0 spiro atoms. The van der Waals surface area contributed by atoms with Gasteiger partial charge in [-0.05, 0) is 24.6 Å². The molecule has 3 aromatic rings. The van der Waals surface area contributed by atoms with Crippen molar-refractivity contribution in [1.82, 2.24) is 14.7 Å². The lowest BCUT2D eigenvalue weighted by Gasteiger charge is -2.02. The molecule has 0 saturated heterocycles. The van der Waals surface area contributed by atoms with E-state index < -0.39 is 0 Å². The molecule has 0 saturated carbocycles. The van der Waals surface area contributed by atoms with Crippen LogP contribution >= 0.6 is 0 Å². The fourth-order valence-electron chi connectivity index (χ4n) is 2.07. The van der Waals surface area contributed by atoms with Gasteiger partial charge in [-0.1, -0.05) is 17.3 Å². The Hall–Kier alpha value is -2.10. The SMILES string of the molecule is Cc1nc(Cn2ccc3c(C)cccc32)no1. The van der Waals surface area contributed by atoms with Crippen LogP contribution in [0.1, 0.15) is 17.3 Å². The third-order valence-electron chi connectivity index (χ3n) is 2.91. The van der Waals surface area contributed by atoms with Gasteiger partial charge < -0.3 is 9.09 Å². The monoisotopic (exact) mass is 227 g/mol. The molecule has 0 radical (unpaired) electrons. The molecule has 2 aromatic heterocycles. The number of hydrogen-bond acceptors (Lipinski definition) is 3. The van der Waals surface area contributed by atoms with E-state index in [0.717, 1.165) is 0 Å². The molecular weight excluding hydrogens is 214 g/mol. The molecular formula is C13H13N3O. The fraction of sp³-hybridized carbons (Fsp3) is 0.231. The minimum atomic E-state index is 0.604. The van der Waals surface area contributed by atoms with Crippen LogP contribution in [0, 0.1) is 13.8 Å². The minimum Gasteiger partial charge on any atom is -0.340 e. The Labute approximate surface area is 98.9 Å². The molecule has 86 valence electrons. The van der Waals surface area contributed by atoms with E-state index in [-0.39, 0.29) is 0 Å². The zero-order valence-corrected chi connectivity index (χ0v) is 9.84. The van der Waals surface area contributed by atoms with E-state index in [1.54, 1.807) is 6.92 Å². The van der Waals surface area contributed by atoms with Crippen molar-refractivity contribution < 1.29 is 4.52 Å². The van der Waals surface area contributed by atoms with Crippen molar-refractivity contribution in [2.75, 3.05) is 0 Å². The van der Waals surface area contributed by atoms with Crippen LogP contribution in [-0.4, -0.2) is 14.7 Å². The van der Waals surface area contributed by atoms with Gasteiger partial charge in [0.15, 0.2) is 5.82 Å². The predicted molar refractivity (Wildman–Crippen MR) is 64.8 cm³/mol. The van der Waals surface area contributed by atoms with Gasteiger partial charge in [0.05, 0.1) is 6.54 Å². The van der Waals surface area contributed by atoms with E-state index in [1.807, 2.05) is 0 Å². The van der Waals surface area contributed by atoms with Gasteiger partial charge in [0.1, 0.15) is 0 Å². The molecule has 17 heavy (non-hydrogen) atoms. The number of benzene rings is 1. The number of nitrogens with zero attached hydrogens (tertiary/aromatic N) is 3. The van der Waals surface area contributed by atoms with Crippen molar-refractivity contribution in [1.29, 1.82) is 0 Å². The van der Waals surface area contributed by atoms with E-state index in [0.29, 0.717) is 18.3 Å². The number of rotatable bonds is 2. The van der Waals surface area contributed by atoms with Crippen LogP contribution < -0.4 is 0 Å². The molecule has 1 aromatic carbocycles. The highest BCUT2D eigenvalue weighted by Gasteiger charge is 2.06. The summed E-state index contributed by atoms with van der Waals surface area (Å²) in [5, 5.41) is 5.18. The van der Waals surface area contributed by atoms with Gasteiger partial charge in [-0.15, -0.1) is 0 Å². The topological polar surface area (TPSA) is 43.9 Å². The zero-order valence-electron chi connectivity index (χ0n) is 9.84. The van der Waals surface area contributed by atoms with Crippen molar-refractivity contribution in [3.05, 3.63) is 47.7 Å². The Morgan fingerprint density at radius 1 is 1.24 bits per heavy atom. The summed E-state index contributed by atoms with van der Waals surface area (Å²) in [5.41, 5.74) is 2.48. The summed E-state index contributed by atoms with van der Waals surface area (Å²) in [6.07, 6.45) is 2.06.